The molecule has 3 N–H and O–H groups in total. The average molecular weight is 239 g/mol. The first-order valence-electron chi connectivity index (χ1n) is 5.31. The van der Waals surface area contributed by atoms with Gasteiger partial charge in [0, 0.05) is 12.5 Å². The van der Waals surface area contributed by atoms with Crippen molar-refractivity contribution in [2.75, 3.05) is 0 Å². The Labute approximate surface area is 91.8 Å². The van der Waals surface area contributed by atoms with Crippen LogP contribution in [0.5, 0.6) is 0 Å². The van der Waals surface area contributed by atoms with Crippen molar-refractivity contribution in [3.05, 3.63) is 0 Å². The molecule has 1 fully saturated rings. The molecule has 0 bridgehead atoms. The lowest BCUT2D eigenvalue weighted by molar-refractivity contribution is -0.160. The van der Waals surface area contributed by atoms with E-state index in [9.17, 15) is 18.0 Å². The van der Waals surface area contributed by atoms with Crippen molar-refractivity contribution in [1.82, 2.24) is 0 Å². The maximum Gasteiger partial charge on any atom is 0.389 e. The van der Waals surface area contributed by atoms with Gasteiger partial charge in [0.15, 0.2) is 0 Å². The van der Waals surface area contributed by atoms with Crippen molar-refractivity contribution in [3.63, 3.8) is 0 Å². The minimum absolute atomic E-state index is 0.0710. The van der Waals surface area contributed by atoms with Crippen LogP contribution in [-0.4, -0.2) is 23.3 Å². The lowest BCUT2D eigenvalue weighted by Crippen LogP contribution is -2.40. The van der Waals surface area contributed by atoms with Gasteiger partial charge in [0.25, 0.3) is 0 Å². The zero-order chi connectivity index (χ0) is 12.4. The van der Waals surface area contributed by atoms with Crippen molar-refractivity contribution in [3.8, 4) is 0 Å². The Morgan fingerprint density at radius 3 is 2.25 bits per heavy atom. The molecule has 1 aliphatic rings. The van der Waals surface area contributed by atoms with E-state index < -0.39 is 24.0 Å². The molecule has 0 heterocycles. The molecule has 0 unspecified atom stereocenters. The summed E-state index contributed by atoms with van der Waals surface area (Å²) in [7, 11) is 0. The van der Waals surface area contributed by atoms with E-state index >= 15 is 0 Å². The summed E-state index contributed by atoms with van der Waals surface area (Å²) in [6.45, 7) is 0. The number of carboxylic acids is 1. The lowest BCUT2D eigenvalue weighted by Gasteiger charge is -2.35. The molecule has 0 aromatic carbocycles. The summed E-state index contributed by atoms with van der Waals surface area (Å²) in [6.07, 6.45) is -4.18. The summed E-state index contributed by atoms with van der Waals surface area (Å²) in [4.78, 5) is 11.1. The number of halogens is 3. The maximum absolute atomic E-state index is 12.1. The van der Waals surface area contributed by atoms with Crippen molar-refractivity contribution >= 4 is 5.97 Å². The second-order valence-corrected chi connectivity index (χ2v) is 4.54. The fraction of sp³-hybridized carbons (Fsp3) is 0.900. The van der Waals surface area contributed by atoms with Gasteiger partial charge in [0.1, 0.15) is 0 Å². The van der Waals surface area contributed by atoms with Gasteiger partial charge in [-0.05, 0) is 32.1 Å². The Bertz CT molecular complexity index is 257. The van der Waals surface area contributed by atoms with Gasteiger partial charge >= 0.3 is 12.1 Å². The molecule has 0 saturated heterocycles. The van der Waals surface area contributed by atoms with Crippen LogP contribution in [0.2, 0.25) is 0 Å². The molecular formula is C10H16F3NO2. The summed E-state index contributed by atoms with van der Waals surface area (Å²) >= 11 is 0. The van der Waals surface area contributed by atoms with E-state index in [0.29, 0.717) is 12.8 Å². The van der Waals surface area contributed by atoms with Gasteiger partial charge < -0.3 is 10.8 Å². The monoisotopic (exact) mass is 239 g/mol. The third-order valence-electron chi connectivity index (χ3n) is 3.33. The number of carboxylic acid groups (broad SMARTS) is 1. The van der Waals surface area contributed by atoms with Crippen molar-refractivity contribution in [1.29, 1.82) is 0 Å². The van der Waals surface area contributed by atoms with E-state index in [1.54, 1.807) is 0 Å². The van der Waals surface area contributed by atoms with Gasteiger partial charge in [-0.25, -0.2) is 0 Å². The number of alkyl halides is 3. The van der Waals surface area contributed by atoms with Crippen LogP contribution in [0.15, 0.2) is 0 Å². The van der Waals surface area contributed by atoms with Gasteiger partial charge in [-0.3, -0.25) is 4.79 Å². The van der Waals surface area contributed by atoms with E-state index in [2.05, 4.69) is 0 Å². The fourth-order valence-corrected chi connectivity index (χ4v) is 2.14. The summed E-state index contributed by atoms with van der Waals surface area (Å²) < 4.78 is 36.3. The van der Waals surface area contributed by atoms with E-state index in [1.807, 2.05) is 0 Å². The first-order valence-corrected chi connectivity index (χ1v) is 5.31. The quantitative estimate of drug-likeness (QED) is 0.794. The minimum atomic E-state index is -4.29. The Morgan fingerprint density at radius 1 is 1.38 bits per heavy atom. The summed E-state index contributed by atoms with van der Waals surface area (Å²) in [6, 6.07) is -0.0710. The number of nitrogens with two attached hydrogens (primary N) is 1. The average Bonchev–Trinajstić information content (AvgIpc) is 2.16. The Balaban J connectivity index is 2.64. The Morgan fingerprint density at radius 2 is 1.88 bits per heavy atom. The highest BCUT2D eigenvalue weighted by Gasteiger charge is 2.43. The highest BCUT2D eigenvalue weighted by Crippen LogP contribution is 2.42. The fourth-order valence-electron chi connectivity index (χ4n) is 2.14. The second kappa shape index (κ2) is 4.61. The van der Waals surface area contributed by atoms with Crippen LogP contribution in [0.3, 0.4) is 0 Å². The highest BCUT2D eigenvalue weighted by molar-refractivity contribution is 5.74. The smallest absolute Gasteiger partial charge is 0.389 e. The molecule has 0 amide bonds. The van der Waals surface area contributed by atoms with Crippen LogP contribution in [0.1, 0.15) is 38.5 Å². The van der Waals surface area contributed by atoms with Crippen LogP contribution < -0.4 is 5.73 Å². The first kappa shape index (κ1) is 13.3. The predicted molar refractivity (Wildman–Crippen MR) is 51.8 cm³/mol. The van der Waals surface area contributed by atoms with Crippen molar-refractivity contribution in [2.24, 2.45) is 11.1 Å². The summed E-state index contributed by atoms with van der Waals surface area (Å²) in [5, 5.41) is 9.06. The van der Waals surface area contributed by atoms with Gasteiger partial charge in [-0.15, -0.1) is 0 Å². The first-order chi connectivity index (χ1) is 7.25. The number of hydrogen-bond acceptors (Lipinski definition) is 2. The third kappa shape index (κ3) is 3.37. The largest absolute Gasteiger partial charge is 0.481 e. The Kier molecular flexibility index (Phi) is 3.83. The molecule has 94 valence electrons. The molecule has 1 saturated carbocycles. The number of carbonyl (C=O) groups is 1. The van der Waals surface area contributed by atoms with Crippen LogP contribution in [0.25, 0.3) is 0 Å². The standard InChI is InChI=1S/C10H16F3NO2/c11-10(12,13)6-5-9(8(15)16)3-1-7(14)2-4-9/h7H,1-6,14H2,(H,15,16). The molecule has 0 atom stereocenters. The van der Waals surface area contributed by atoms with Crippen molar-refractivity contribution < 1.29 is 23.1 Å². The molecular weight excluding hydrogens is 223 g/mol. The molecule has 0 aromatic heterocycles. The lowest BCUT2D eigenvalue weighted by atomic mass is 9.70. The number of rotatable bonds is 3. The third-order valence-corrected chi connectivity index (χ3v) is 3.33. The van der Waals surface area contributed by atoms with Crippen LogP contribution in [0.4, 0.5) is 13.2 Å². The Hall–Kier alpha value is -0.780. The topological polar surface area (TPSA) is 63.3 Å². The molecule has 1 rings (SSSR count). The summed E-state index contributed by atoms with van der Waals surface area (Å²) in [5.41, 5.74) is 4.41. The van der Waals surface area contributed by atoms with E-state index in [4.69, 9.17) is 10.8 Å². The molecule has 0 aromatic rings. The SMILES string of the molecule is NC1CCC(CCC(F)(F)F)(C(=O)O)CC1. The van der Waals surface area contributed by atoms with Gasteiger partial charge in [-0.2, -0.15) is 13.2 Å². The van der Waals surface area contributed by atoms with E-state index in [-0.39, 0.29) is 25.3 Å². The van der Waals surface area contributed by atoms with Crippen LogP contribution in [0, 0.1) is 5.41 Å². The van der Waals surface area contributed by atoms with Crippen molar-refractivity contribution in [2.45, 2.75) is 50.7 Å². The molecule has 6 heteroatoms. The summed E-state index contributed by atoms with van der Waals surface area (Å²) in [5.74, 6) is -1.12. The number of aliphatic carboxylic acids is 1. The highest BCUT2D eigenvalue weighted by atomic mass is 19.4. The normalized spacial score (nSPS) is 31.4. The zero-order valence-electron chi connectivity index (χ0n) is 8.89. The molecule has 0 aliphatic heterocycles. The van der Waals surface area contributed by atoms with Gasteiger partial charge in [0.05, 0.1) is 5.41 Å². The van der Waals surface area contributed by atoms with Crippen LogP contribution >= 0.6 is 0 Å². The molecule has 3 nitrogen and oxygen atoms in total. The van der Waals surface area contributed by atoms with E-state index in [0.717, 1.165) is 0 Å². The molecule has 1 aliphatic carbocycles. The predicted octanol–water partition coefficient (Wildman–Crippen LogP) is 2.30. The number of hydrogen-bond donors (Lipinski definition) is 2. The molecule has 0 spiro atoms. The molecule has 16 heavy (non-hydrogen) atoms. The van der Waals surface area contributed by atoms with Crippen LogP contribution in [-0.2, 0) is 4.79 Å². The van der Waals surface area contributed by atoms with Gasteiger partial charge in [-0.1, -0.05) is 0 Å². The van der Waals surface area contributed by atoms with Gasteiger partial charge in [0.2, 0.25) is 0 Å². The van der Waals surface area contributed by atoms with E-state index in [1.165, 1.54) is 0 Å². The maximum atomic E-state index is 12.1. The molecule has 0 radical (unpaired) electrons. The minimum Gasteiger partial charge on any atom is -0.481 e. The second-order valence-electron chi connectivity index (χ2n) is 4.54. The zero-order valence-corrected chi connectivity index (χ0v) is 8.89.